The Kier molecular flexibility index (Phi) is 1.83. The number of hydrogen-bond donors (Lipinski definition) is 1. The van der Waals surface area contributed by atoms with Gasteiger partial charge in [0.2, 0.25) is 0 Å². The predicted octanol–water partition coefficient (Wildman–Crippen LogP) is 2.61. The second-order valence-electron chi connectivity index (χ2n) is 4.74. The van der Waals surface area contributed by atoms with Gasteiger partial charge in [0.25, 0.3) is 0 Å². The van der Waals surface area contributed by atoms with E-state index in [1.54, 1.807) is 0 Å². The normalized spacial score (nSPS) is 25.9. The van der Waals surface area contributed by atoms with Crippen molar-refractivity contribution in [3.8, 4) is 5.75 Å². The van der Waals surface area contributed by atoms with Crippen molar-refractivity contribution in [3.63, 3.8) is 0 Å². The topological polar surface area (TPSA) is 35.2 Å². The highest BCUT2D eigenvalue weighted by atomic mass is 35.5. The van der Waals surface area contributed by atoms with Gasteiger partial charge in [-0.05, 0) is 37.0 Å². The third-order valence-electron chi connectivity index (χ3n) is 3.31. The molecule has 2 nitrogen and oxygen atoms in total. The first kappa shape index (κ1) is 9.49. The summed E-state index contributed by atoms with van der Waals surface area (Å²) in [6.45, 7) is 2.06. The third kappa shape index (κ3) is 1.44. The quantitative estimate of drug-likeness (QED) is 0.795. The molecule has 1 aromatic rings. The Morgan fingerprint density at radius 1 is 1.47 bits per heavy atom. The molecule has 0 saturated heterocycles. The van der Waals surface area contributed by atoms with E-state index in [9.17, 15) is 0 Å². The van der Waals surface area contributed by atoms with Crippen molar-refractivity contribution in [2.75, 3.05) is 0 Å². The fourth-order valence-corrected chi connectivity index (χ4v) is 2.48. The molecule has 1 heterocycles. The van der Waals surface area contributed by atoms with Crippen LogP contribution in [0, 0.1) is 0 Å². The van der Waals surface area contributed by atoms with E-state index in [2.05, 4.69) is 13.0 Å². The Hall–Kier alpha value is -0.730. The molecule has 0 aromatic heterocycles. The number of hydrogen-bond acceptors (Lipinski definition) is 2. The average Bonchev–Trinajstić information content (AvgIpc) is 2.79. The molecule has 1 aromatic carbocycles. The van der Waals surface area contributed by atoms with Crippen LogP contribution in [0.2, 0.25) is 5.02 Å². The molecule has 1 aliphatic heterocycles. The summed E-state index contributed by atoms with van der Waals surface area (Å²) in [5.74, 6) is 0.858. The summed E-state index contributed by atoms with van der Waals surface area (Å²) in [6.07, 6.45) is 3.32. The minimum absolute atomic E-state index is 0.107. The van der Waals surface area contributed by atoms with Crippen molar-refractivity contribution in [2.24, 2.45) is 5.73 Å². The molecule has 3 heteroatoms. The average molecular weight is 224 g/mol. The van der Waals surface area contributed by atoms with Crippen LogP contribution < -0.4 is 10.5 Å². The van der Waals surface area contributed by atoms with Gasteiger partial charge in [-0.25, -0.2) is 0 Å². The van der Waals surface area contributed by atoms with Crippen LogP contribution in [0.4, 0.5) is 0 Å². The van der Waals surface area contributed by atoms with Crippen molar-refractivity contribution < 1.29 is 4.74 Å². The zero-order valence-corrected chi connectivity index (χ0v) is 9.47. The van der Waals surface area contributed by atoms with Gasteiger partial charge in [0.15, 0.2) is 0 Å². The van der Waals surface area contributed by atoms with Crippen LogP contribution in [-0.4, -0.2) is 6.10 Å². The van der Waals surface area contributed by atoms with E-state index in [1.165, 1.54) is 11.1 Å². The van der Waals surface area contributed by atoms with E-state index in [0.29, 0.717) is 5.02 Å². The maximum atomic E-state index is 6.19. The maximum Gasteiger partial charge on any atom is 0.141 e. The molecule has 2 N–H and O–H groups in total. The number of benzene rings is 1. The number of halogens is 1. The van der Waals surface area contributed by atoms with E-state index < -0.39 is 0 Å². The molecule has 0 amide bonds. The molecule has 1 saturated carbocycles. The highest BCUT2D eigenvalue weighted by Crippen LogP contribution is 2.46. The van der Waals surface area contributed by atoms with Crippen LogP contribution >= 0.6 is 11.6 Å². The standard InChI is InChI=1S/C12H14ClNO/c1-7-4-8-5-9(12(14)2-3-12)6-10(13)11(8)15-7/h5-7H,2-4,14H2,1H3. The van der Waals surface area contributed by atoms with Crippen molar-refractivity contribution in [3.05, 3.63) is 28.3 Å². The Labute approximate surface area is 94.4 Å². The summed E-state index contributed by atoms with van der Waals surface area (Å²) >= 11 is 6.19. The van der Waals surface area contributed by atoms with Gasteiger partial charge in [0, 0.05) is 12.0 Å². The Morgan fingerprint density at radius 3 is 2.87 bits per heavy atom. The third-order valence-corrected chi connectivity index (χ3v) is 3.59. The van der Waals surface area contributed by atoms with Crippen molar-refractivity contribution in [1.82, 2.24) is 0 Å². The molecule has 2 aliphatic rings. The molecular formula is C12H14ClNO. The summed E-state index contributed by atoms with van der Waals surface area (Å²) in [7, 11) is 0. The van der Waals surface area contributed by atoms with Crippen LogP contribution in [0.5, 0.6) is 5.75 Å². The van der Waals surface area contributed by atoms with E-state index in [0.717, 1.165) is 25.0 Å². The lowest BCUT2D eigenvalue weighted by Crippen LogP contribution is -2.18. The molecule has 1 fully saturated rings. The summed E-state index contributed by atoms with van der Waals surface area (Å²) in [5, 5.41) is 0.712. The largest absolute Gasteiger partial charge is 0.489 e. The fraction of sp³-hybridized carbons (Fsp3) is 0.500. The molecule has 0 radical (unpaired) electrons. The van der Waals surface area contributed by atoms with Crippen LogP contribution in [0.15, 0.2) is 12.1 Å². The first-order chi connectivity index (χ1) is 7.08. The zero-order valence-electron chi connectivity index (χ0n) is 8.72. The lowest BCUT2D eigenvalue weighted by atomic mass is 10.0. The minimum Gasteiger partial charge on any atom is -0.489 e. The number of ether oxygens (including phenoxy) is 1. The number of rotatable bonds is 1. The molecule has 1 atom stereocenters. The van der Waals surface area contributed by atoms with Gasteiger partial charge in [0.1, 0.15) is 11.9 Å². The maximum absolute atomic E-state index is 6.19. The van der Waals surface area contributed by atoms with Crippen LogP contribution in [-0.2, 0) is 12.0 Å². The summed E-state index contributed by atoms with van der Waals surface area (Å²) in [5.41, 5.74) is 8.44. The van der Waals surface area contributed by atoms with E-state index in [4.69, 9.17) is 22.1 Å². The van der Waals surface area contributed by atoms with Gasteiger partial charge in [-0.1, -0.05) is 17.7 Å². The van der Waals surface area contributed by atoms with Gasteiger partial charge >= 0.3 is 0 Å². The summed E-state index contributed by atoms with van der Waals surface area (Å²) in [4.78, 5) is 0. The molecule has 80 valence electrons. The lowest BCUT2D eigenvalue weighted by Gasteiger charge is -2.12. The smallest absolute Gasteiger partial charge is 0.141 e. The Morgan fingerprint density at radius 2 is 2.20 bits per heavy atom. The van der Waals surface area contributed by atoms with Gasteiger partial charge in [-0.2, -0.15) is 0 Å². The molecule has 1 aliphatic carbocycles. The molecule has 0 spiro atoms. The predicted molar refractivity (Wildman–Crippen MR) is 60.3 cm³/mol. The monoisotopic (exact) mass is 223 g/mol. The SMILES string of the molecule is CC1Cc2cc(C3(N)CC3)cc(Cl)c2O1. The Bertz CT molecular complexity index is 426. The van der Waals surface area contributed by atoms with Crippen LogP contribution in [0.3, 0.4) is 0 Å². The zero-order chi connectivity index (χ0) is 10.6. The van der Waals surface area contributed by atoms with Gasteiger partial charge in [-0.3, -0.25) is 0 Å². The highest BCUT2D eigenvalue weighted by Gasteiger charge is 2.41. The van der Waals surface area contributed by atoms with Gasteiger partial charge < -0.3 is 10.5 Å². The molecule has 3 rings (SSSR count). The first-order valence-electron chi connectivity index (χ1n) is 5.37. The van der Waals surface area contributed by atoms with Gasteiger partial charge in [-0.15, -0.1) is 0 Å². The highest BCUT2D eigenvalue weighted by molar-refractivity contribution is 6.32. The molecule has 1 unspecified atom stereocenters. The lowest BCUT2D eigenvalue weighted by molar-refractivity contribution is 0.255. The van der Waals surface area contributed by atoms with Crippen molar-refractivity contribution in [2.45, 2.75) is 37.8 Å². The summed E-state index contributed by atoms with van der Waals surface area (Å²) in [6, 6.07) is 4.13. The Balaban J connectivity index is 2.08. The second-order valence-corrected chi connectivity index (χ2v) is 5.14. The number of nitrogens with two attached hydrogens (primary N) is 1. The van der Waals surface area contributed by atoms with Crippen molar-refractivity contribution in [1.29, 1.82) is 0 Å². The van der Waals surface area contributed by atoms with Crippen LogP contribution in [0.1, 0.15) is 30.9 Å². The molecular weight excluding hydrogens is 210 g/mol. The van der Waals surface area contributed by atoms with E-state index in [-0.39, 0.29) is 11.6 Å². The first-order valence-corrected chi connectivity index (χ1v) is 5.75. The van der Waals surface area contributed by atoms with E-state index in [1.807, 2.05) is 6.07 Å². The van der Waals surface area contributed by atoms with E-state index >= 15 is 0 Å². The summed E-state index contributed by atoms with van der Waals surface area (Å²) < 4.78 is 5.65. The minimum atomic E-state index is -0.107. The van der Waals surface area contributed by atoms with Crippen LogP contribution in [0.25, 0.3) is 0 Å². The van der Waals surface area contributed by atoms with Crippen molar-refractivity contribution >= 4 is 11.6 Å². The molecule has 0 bridgehead atoms. The molecule has 15 heavy (non-hydrogen) atoms. The van der Waals surface area contributed by atoms with Gasteiger partial charge in [0.05, 0.1) is 5.02 Å². The number of fused-ring (bicyclic) bond motifs is 1. The fourth-order valence-electron chi connectivity index (χ4n) is 2.20. The second kappa shape index (κ2) is 2.89.